The minimum atomic E-state index is -3.74. The summed E-state index contributed by atoms with van der Waals surface area (Å²) in [4.78, 5) is 0.130. The average molecular weight is 338 g/mol. The third-order valence-corrected chi connectivity index (χ3v) is 5.24. The Morgan fingerprint density at radius 2 is 2.00 bits per heavy atom. The Hall–Kier alpha value is -1.86. The van der Waals surface area contributed by atoms with E-state index in [1.54, 1.807) is 26.0 Å². The van der Waals surface area contributed by atoms with Gasteiger partial charge in [0.15, 0.2) is 0 Å². The maximum absolute atomic E-state index is 12.8. The molecule has 1 heterocycles. The lowest BCUT2D eigenvalue weighted by Gasteiger charge is -2.18. The molecule has 7 heteroatoms. The summed E-state index contributed by atoms with van der Waals surface area (Å²) in [5.74, 6) is 0.935. The topological polar surface area (TPSA) is 81.4 Å². The Morgan fingerprint density at radius 3 is 2.52 bits per heavy atom. The van der Waals surface area contributed by atoms with Gasteiger partial charge in [-0.15, -0.1) is 0 Å². The molecule has 0 unspecified atom stereocenters. The summed E-state index contributed by atoms with van der Waals surface area (Å²) in [6.07, 6.45) is 0.580. The Balaban J connectivity index is 2.43. The molecular formula is C16H22N2O4S. The van der Waals surface area contributed by atoms with Crippen LogP contribution in [0.4, 0.5) is 0 Å². The summed E-state index contributed by atoms with van der Waals surface area (Å²) < 4.78 is 38.7. The summed E-state index contributed by atoms with van der Waals surface area (Å²) in [6.45, 7) is 7.33. The van der Waals surface area contributed by atoms with Crippen LogP contribution in [-0.4, -0.2) is 20.7 Å². The quantitative estimate of drug-likeness (QED) is 0.875. The first-order chi connectivity index (χ1) is 10.8. The van der Waals surface area contributed by atoms with E-state index in [0.29, 0.717) is 23.6 Å². The van der Waals surface area contributed by atoms with Gasteiger partial charge in [0.25, 0.3) is 0 Å². The number of ether oxygens (including phenoxy) is 1. The lowest BCUT2D eigenvalue weighted by atomic mass is 10.0. The van der Waals surface area contributed by atoms with Gasteiger partial charge >= 0.3 is 0 Å². The highest BCUT2D eigenvalue weighted by atomic mass is 32.2. The minimum absolute atomic E-state index is 0.130. The van der Waals surface area contributed by atoms with E-state index in [1.165, 1.54) is 7.11 Å². The summed E-state index contributed by atoms with van der Waals surface area (Å²) in [5, 5.41) is 3.90. The molecule has 2 aromatic rings. The molecule has 126 valence electrons. The standard InChI is InChI=1S/C16H22N2O4S/c1-6-13(16-11(3)17-22-12(16)4)18-23(19,20)15-9-10(2)7-8-14(15)21-5/h7-9,13,18H,6H2,1-5H3/t13-/m0/s1. The molecule has 1 aromatic carbocycles. The zero-order valence-electron chi connectivity index (χ0n) is 14.0. The molecule has 6 nitrogen and oxygen atoms in total. The van der Waals surface area contributed by atoms with Gasteiger partial charge in [0.1, 0.15) is 16.4 Å². The molecule has 0 fully saturated rings. The van der Waals surface area contributed by atoms with Crippen molar-refractivity contribution < 1.29 is 17.7 Å². The van der Waals surface area contributed by atoms with Crippen LogP contribution in [0.5, 0.6) is 5.75 Å². The van der Waals surface area contributed by atoms with Crippen molar-refractivity contribution in [1.82, 2.24) is 9.88 Å². The third kappa shape index (κ3) is 3.56. The van der Waals surface area contributed by atoms with Crippen molar-refractivity contribution in [2.24, 2.45) is 0 Å². The maximum Gasteiger partial charge on any atom is 0.244 e. The predicted octanol–water partition coefficient (Wildman–Crippen LogP) is 3.04. The van der Waals surface area contributed by atoms with Crippen LogP contribution in [0.2, 0.25) is 0 Å². The second-order valence-corrected chi connectivity index (χ2v) is 7.16. The van der Waals surface area contributed by atoms with Gasteiger partial charge in [-0.3, -0.25) is 0 Å². The van der Waals surface area contributed by atoms with Gasteiger partial charge in [0.2, 0.25) is 10.0 Å². The Kier molecular flexibility index (Phi) is 5.11. The van der Waals surface area contributed by atoms with Gasteiger partial charge in [-0.25, -0.2) is 13.1 Å². The molecular weight excluding hydrogens is 316 g/mol. The fourth-order valence-electron chi connectivity index (χ4n) is 2.58. The molecule has 0 aliphatic carbocycles. The number of hydrogen-bond acceptors (Lipinski definition) is 5. The van der Waals surface area contributed by atoms with Gasteiger partial charge in [0, 0.05) is 5.56 Å². The van der Waals surface area contributed by atoms with Crippen LogP contribution in [0.1, 0.15) is 42.0 Å². The number of methoxy groups -OCH3 is 1. The van der Waals surface area contributed by atoms with Crippen LogP contribution in [0, 0.1) is 20.8 Å². The van der Waals surface area contributed by atoms with E-state index in [4.69, 9.17) is 9.26 Å². The van der Waals surface area contributed by atoms with Crippen LogP contribution in [0.15, 0.2) is 27.6 Å². The molecule has 0 spiro atoms. The number of hydrogen-bond donors (Lipinski definition) is 1. The van der Waals surface area contributed by atoms with Crippen molar-refractivity contribution in [2.75, 3.05) is 7.11 Å². The molecule has 1 aromatic heterocycles. The lowest BCUT2D eigenvalue weighted by molar-refractivity contribution is 0.390. The molecule has 0 radical (unpaired) electrons. The monoisotopic (exact) mass is 338 g/mol. The Bertz CT molecular complexity index is 777. The second-order valence-electron chi connectivity index (χ2n) is 5.47. The highest BCUT2D eigenvalue weighted by molar-refractivity contribution is 7.89. The zero-order chi connectivity index (χ0) is 17.2. The van der Waals surface area contributed by atoms with E-state index >= 15 is 0 Å². The van der Waals surface area contributed by atoms with Crippen molar-refractivity contribution in [3.8, 4) is 5.75 Å². The van der Waals surface area contributed by atoms with Gasteiger partial charge in [-0.1, -0.05) is 18.1 Å². The van der Waals surface area contributed by atoms with E-state index in [1.807, 2.05) is 19.9 Å². The maximum atomic E-state index is 12.8. The average Bonchev–Trinajstić information content (AvgIpc) is 2.84. The first-order valence-corrected chi connectivity index (χ1v) is 8.88. The predicted molar refractivity (Wildman–Crippen MR) is 87.1 cm³/mol. The summed E-state index contributed by atoms with van der Waals surface area (Å²) in [7, 11) is -2.29. The van der Waals surface area contributed by atoms with Crippen molar-refractivity contribution in [3.05, 3.63) is 40.8 Å². The molecule has 23 heavy (non-hydrogen) atoms. The number of aromatic nitrogens is 1. The van der Waals surface area contributed by atoms with Crippen molar-refractivity contribution in [2.45, 2.75) is 45.1 Å². The molecule has 2 rings (SSSR count). The van der Waals surface area contributed by atoms with Crippen molar-refractivity contribution in [3.63, 3.8) is 0 Å². The van der Waals surface area contributed by atoms with E-state index in [0.717, 1.165) is 11.1 Å². The SMILES string of the molecule is CC[C@H](NS(=O)(=O)c1cc(C)ccc1OC)c1c(C)noc1C. The summed E-state index contributed by atoms with van der Waals surface area (Å²) in [6, 6.07) is 4.65. The molecule has 1 atom stereocenters. The lowest BCUT2D eigenvalue weighted by Crippen LogP contribution is -2.29. The van der Waals surface area contributed by atoms with Crippen molar-refractivity contribution in [1.29, 1.82) is 0 Å². The van der Waals surface area contributed by atoms with Crippen LogP contribution in [0.25, 0.3) is 0 Å². The zero-order valence-corrected chi connectivity index (χ0v) is 14.8. The molecule has 0 saturated carbocycles. The molecule has 0 aliphatic rings. The highest BCUT2D eigenvalue weighted by Crippen LogP contribution is 2.29. The van der Waals surface area contributed by atoms with Gasteiger partial charge in [0.05, 0.1) is 18.8 Å². The molecule has 0 amide bonds. The number of rotatable bonds is 6. The van der Waals surface area contributed by atoms with Gasteiger partial charge < -0.3 is 9.26 Å². The van der Waals surface area contributed by atoms with Crippen LogP contribution in [0.3, 0.4) is 0 Å². The largest absolute Gasteiger partial charge is 0.495 e. The van der Waals surface area contributed by atoms with Crippen LogP contribution < -0.4 is 9.46 Å². The number of sulfonamides is 1. The Morgan fingerprint density at radius 1 is 1.30 bits per heavy atom. The van der Waals surface area contributed by atoms with E-state index in [9.17, 15) is 8.42 Å². The van der Waals surface area contributed by atoms with E-state index < -0.39 is 16.1 Å². The smallest absolute Gasteiger partial charge is 0.244 e. The normalized spacial score (nSPS) is 13.1. The molecule has 1 N–H and O–H groups in total. The molecule has 0 aliphatic heterocycles. The van der Waals surface area contributed by atoms with Crippen LogP contribution in [-0.2, 0) is 10.0 Å². The fraction of sp³-hybridized carbons (Fsp3) is 0.438. The van der Waals surface area contributed by atoms with E-state index in [2.05, 4.69) is 9.88 Å². The van der Waals surface area contributed by atoms with E-state index in [-0.39, 0.29) is 4.90 Å². The van der Waals surface area contributed by atoms with Gasteiger partial charge in [-0.05, 0) is 44.9 Å². The summed E-state index contributed by atoms with van der Waals surface area (Å²) in [5.41, 5.74) is 2.31. The number of aryl methyl sites for hydroxylation is 3. The second kappa shape index (κ2) is 6.72. The number of nitrogens with zero attached hydrogens (tertiary/aromatic N) is 1. The molecule has 0 saturated heterocycles. The third-order valence-electron chi connectivity index (χ3n) is 3.75. The van der Waals surface area contributed by atoms with Crippen LogP contribution >= 0.6 is 0 Å². The van der Waals surface area contributed by atoms with Crippen molar-refractivity contribution >= 4 is 10.0 Å². The minimum Gasteiger partial charge on any atom is -0.495 e. The van der Waals surface area contributed by atoms with Gasteiger partial charge in [-0.2, -0.15) is 0 Å². The summed E-state index contributed by atoms with van der Waals surface area (Å²) >= 11 is 0. The molecule has 0 bridgehead atoms. The first kappa shape index (κ1) is 17.5. The fourth-order valence-corrected chi connectivity index (χ4v) is 4.12. The Labute approximate surface area is 136 Å². The highest BCUT2D eigenvalue weighted by Gasteiger charge is 2.27. The number of nitrogens with one attached hydrogen (secondary N) is 1. The first-order valence-electron chi connectivity index (χ1n) is 7.39. The number of benzene rings is 1.